The summed E-state index contributed by atoms with van der Waals surface area (Å²) in [5, 5.41) is 4.36. The first-order chi connectivity index (χ1) is 16.7. The summed E-state index contributed by atoms with van der Waals surface area (Å²) < 4.78 is 16.6. The smallest absolute Gasteiger partial charge is 0.257 e. The van der Waals surface area contributed by atoms with Gasteiger partial charge in [0.2, 0.25) is 0 Å². The number of ether oxygens (including phenoxy) is 2. The van der Waals surface area contributed by atoms with Crippen molar-refractivity contribution in [2.75, 3.05) is 38.7 Å². The summed E-state index contributed by atoms with van der Waals surface area (Å²) in [7, 11) is 1.63. The first-order valence-electron chi connectivity index (χ1n) is 11.4. The number of furan rings is 1. The van der Waals surface area contributed by atoms with Gasteiger partial charge in [0.05, 0.1) is 32.2 Å². The van der Waals surface area contributed by atoms with E-state index in [0.717, 1.165) is 28.8 Å². The summed E-state index contributed by atoms with van der Waals surface area (Å²) in [6, 6.07) is 19.3. The van der Waals surface area contributed by atoms with E-state index in [4.69, 9.17) is 13.9 Å². The molecule has 0 unspecified atom stereocenters. The van der Waals surface area contributed by atoms with Gasteiger partial charge in [0, 0.05) is 36.3 Å². The Labute approximate surface area is 198 Å². The van der Waals surface area contributed by atoms with Gasteiger partial charge in [-0.25, -0.2) is 4.98 Å². The highest BCUT2D eigenvalue weighted by molar-refractivity contribution is 5.99. The Morgan fingerprint density at radius 2 is 2.06 bits per heavy atom. The summed E-state index contributed by atoms with van der Waals surface area (Å²) in [5.41, 5.74) is 3.42. The van der Waals surface area contributed by atoms with Gasteiger partial charge >= 0.3 is 0 Å². The number of benzene rings is 2. The number of carbonyl (C=O) groups excluding carboxylic acids is 1. The van der Waals surface area contributed by atoms with E-state index in [1.165, 1.54) is 5.56 Å². The maximum Gasteiger partial charge on any atom is 0.257 e. The van der Waals surface area contributed by atoms with Crippen LogP contribution in [0.5, 0.6) is 5.75 Å². The molecule has 2 aromatic heterocycles. The van der Waals surface area contributed by atoms with Crippen molar-refractivity contribution in [3.63, 3.8) is 0 Å². The number of aromatic nitrogens is 1. The Hall–Kier alpha value is -3.84. The minimum absolute atomic E-state index is 0.0545. The van der Waals surface area contributed by atoms with Crippen molar-refractivity contribution in [1.29, 1.82) is 0 Å². The molecule has 1 N–H and O–H groups in total. The summed E-state index contributed by atoms with van der Waals surface area (Å²) in [5.74, 6) is 1.43. The molecule has 2 aromatic carbocycles. The van der Waals surface area contributed by atoms with Crippen molar-refractivity contribution in [3.05, 3.63) is 84.3 Å². The highest BCUT2D eigenvalue weighted by Gasteiger charge is 2.25. The van der Waals surface area contributed by atoms with Gasteiger partial charge in [0.15, 0.2) is 0 Å². The molecular weight excluding hydrogens is 430 g/mol. The van der Waals surface area contributed by atoms with E-state index in [-0.39, 0.29) is 11.8 Å². The Bertz CT molecular complexity index is 1270. The lowest BCUT2D eigenvalue weighted by atomic mass is 9.98. The van der Waals surface area contributed by atoms with Crippen LogP contribution in [0, 0.1) is 5.92 Å². The SMILES string of the molecule is COc1ccc(Nc2ncccc2C(=O)N2CCOC[C@H](Cc3ccc4ccoc4c3)C2)cc1. The number of amides is 1. The first kappa shape index (κ1) is 22.0. The van der Waals surface area contributed by atoms with Gasteiger partial charge in [-0.2, -0.15) is 0 Å². The molecule has 5 rings (SSSR count). The molecule has 1 fully saturated rings. The molecule has 1 atom stereocenters. The van der Waals surface area contributed by atoms with Crippen LogP contribution in [0.25, 0.3) is 11.0 Å². The molecule has 174 valence electrons. The third-order valence-corrected chi connectivity index (χ3v) is 6.06. The fourth-order valence-corrected chi connectivity index (χ4v) is 4.31. The zero-order valence-electron chi connectivity index (χ0n) is 19.1. The second-order valence-electron chi connectivity index (χ2n) is 8.44. The fraction of sp³-hybridized carbons (Fsp3) is 0.259. The molecule has 1 aliphatic heterocycles. The van der Waals surface area contributed by atoms with Gasteiger partial charge in [-0.1, -0.05) is 12.1 Å². The Balaban J connectivity index is 1.32. The lowest BCUT2D eigenvalue weighted by Gasteiger charge is -2.24. The average molecular weight is 458 g/mol. The third kappa shape index (κ3) is 4.89. The summed E-state index contributed by atoms with van der Waals surface area (Å²) >= 11 is 0. The number of hydrogen-bond acceptors (Lipinski definition) is 6. The topological polar surface area (TPSA) is 76.8 Å². The largest absolute Gasteiger partial charge is 0.497 e. The van der Waals surface area contributed by atoms with Gasteiger partial charge < -0.3 is 24.1 Å². The zero-order valence-corrected chi connectivity index (χ0v) is 19.1. The molecule has 34 heavy (non-hydrogen) atoms. The van der Waals surface area contributed by atoms with Crippen LogP contribution in [0.15, 0.2) is 77.5 Å². The molecule has 0 spiro atoms. The number of fused-ring (bicyclic) bond motifs is 1. The van der Waals surface area contributed by atoms with E-state index < -0.39 is 0 Å². The second-order valence-corrected chi connectivity index (χ2v) is 8.44. The summed E-state index contributed by atoms with van der Waals surface area (Å²) in [4.78, 5) is 19.9. The summed E-state index contributed by atoms with van der Waals surface area (Å²) in [6.07, 6.45) is 4.20. The zero-order chi connectivity index (χ0) is 23.3. The molecule has 7 nitrogen and oxygen atoms in total. The number of hydrogen-bond donors (Lipinski definition) is 1. The Morgan fingerprint density at radius 1 is 1.18 bits per heavy atom. The Morgan fingerprint density at radius 3 is 2.91 bits per heavy atom. The minimum atomic E-state index is -0.0545. The molecular formula is C27H27N3O4. The minimum Gasteiger partial charge on any atom is -0.497 e. The number of carbonyl (C=O) groups is 1. The van der Waals surface area contributed by atoms with Crippen molar-refractivity contribution < 1.29 is 18.7 Å². The highest BCUT2D eigenvalue weighted by atomic mass is 16.5. The van der Waals surface area contributed by atoms with E-state index in [1.807, 2.05) is 41.3 Å². The fourth-order valence-electron chi connectivity index (χ4n) is 4.31. The molecule has 0 bridgehead atoms. The van der Waals surface area contributed by atoms with Crippen LogP contribution in [-0.4, -0.2) is 49.2 Å². The molecule has 4 aromatic rings. The number of anilines is 2. The molecule has 7 heteroatoms. The number of pyridine rings is 1. The van der Waals surface area contributed by atoms with Gasteiger partial charge in [-0.3, -0.25) is 4.79 Å². The van der Waals surface area contributed by atoms with Crippen molar-refractivity contribution in [2.24, 2.45) is 5.92 Å². The van der Waals surface area contributed by atoms with Crippen molar-refractivity contribution in [2.45, 2.75) is 6.42 Å². The predicted octanol–water partition coefficient (Wildman–Crippen LogP) is 4.91. The van der Waals surface area contributed by atoms with Crippen LogP contribution in [0.3, 0.4) is 0 Å². The summed E-state index contributed by atoms with van der Waals surface area (Å²) in [6.45, 7) is 2.29. The number of methoxy groups -OCH3 is 1. The van der Waals surface area contributed by atoms with Gasteiger partial charge in [0.1, 0.15) is 17.2 Å². The monoisotopic (exact) mass is 457 g/mol. The molecule has 3 heterocycles. The average Bonchev–Trinajstić information content (AvgIpc) is 3.21. The number of nitrogens with zero attached hydrogens (tertiary/aromatic N) is 2. The van der Waals surface area contributed by atoms with Crippen LogP contribution in [0.2, 0.25) is 0 Å². The van der Waals surface area contributed by atoms with E-state index in [0.29, 0.717) is 37.7 Å². The van der Waals surface area contributed by atoms with Crippen molar-refractivity contribution in [3.8, 4) is 5.75 Å². The van der Waals surface area contributed by atoms with Crippen LogP contribution < -0.4 is 10.1 Å². The maximum absolute atomic E-state index is 13.6. The molecule has 0 aliphatic carbocycles. The van der Waals surface area contributed by atoms with Crippen LogP contribution >= 0.6 is 0 Å². The maximum atomic E-state index is 13.6. The normalized spacial score (nSPS) is 16.3. The lowest BCUT2D eigenvalue weighted by Crippen LogP contribution is -2.36. The Kier molecular flexibility index (Phi) is 6.44. The van der Waals surface area contributed by atoms with Crippen LogP contribution in [0.1, 0.15) is 15.9 Å². The lowest BCUT2D eigenvalue weighted by molar-refractivity contribution is 0.0738. The van der Waals surface area contributed by atoms with Crippen molar-refractivity contribution >= 4 is 28.4 Å². The van der Waals surface area contributed by atoms with E-state index >= 15 is 0 Å². The predicted molar refractivity (Wildman–Crippen MR) is 131 cm³/mol. The quantitative estimate of drug-likeness (QED) is 0.443. The van der Waals surface area contributed by atoms with Gasteiger partial charge in [-0.05, 0) is 60.5 Å². The van der Waals surface area contributed by atoms with Crippen LogP contribution in [0.4, 0.5) is 11.5 Å². The standard InChI is InChI=1S/C27H27N3O4/c1-32-23-8-6-22(7-9-23)29-26-24(3-2-11-28-26)27(31)30-12-14-33-18-20(17-30)15-19-4-5-21-10-13-34-25(21)16-19/h2-11,13,16,20H,12,14-15,17-18H2,1H3,(H,28,29)/t20-/m1/s1. The van der Waals surface area contributed by atoms with E-state index in [2.05, 4.69) is 28.5 Å². The van der Waals surface area contributed by atoms with E-state index in [1.54, 1.807) is 25.6 Å². The third-order valence-electron chi connectivity index (χ3n) is 6.06. The number of rotatable bonds is 6. The molecule has 1 saturated heterocycles. The van der Waals surface area contributed by atoms with Gasteiger partial charge in [0.25, 0.3) is 5.91 Å². The van der Waals surface area contributed by atoms with Gasteiger partial charge in [-0.15, -0.1) is 0 Å². The molecule has 1 aliphatic rings. The van der Waals surface area contributed by atoms with E-state index in [9.17, 15) is 4.79 Å². The molecule has 0 radical (unpaired) electrons. The first-order valence-corrected chi connectivity index (χ1v) is 11.4. The molecule has 1 amide bonds. The second kappa shape index (κ2) is 9.97. The molecule has 0 saturated carbocycles. The highest BCUT2D eigenvalue weighted by Crippen LogP contribution is 2.24. The number of nitrogens with one attached hydrogen (secondary N) is 1. The van der Waals surface area contributed by atoms with Crippen molar-refractivity contribution in [1.82, 2.24) is 9.88 Å². The van der Waals surface area contributed by atoms with Crippen LogP contribution in [-0.2, 0) is 11.2 Å².